The van der Waals surface area contributed by atoms with Gasteiger partial charge >= 0.3 is 0 Å². The number of rotatable bonds is 8. The Morgan fingerprint density at radius 2 is 1.82 bits per heavy atom. The highest BCUT2D eigenvalue weighted by molar-refractivity contribution is 5.27. The van der Waals surface area contributed by atoms with Crippen molar-refractivity contribution in [1.29, 1.82) is 0 Å². The molecule has 0 radical (unpaired) electrons. The van der Waals surface area contributed by atoms with Crippen molar-refractivity contribution in [1.82, 2.24) is 0 Å². The third-order valence-electron chi connectivity index (χ3n) is 3.10. The Bertz CT molecular complexity index is 292. The Labute approximate surface area is 105 Å². The summed E-state index contributed by atoms with van der Waals surface area (Å²) in [6.07, 6.45) is 3.69. The molecule has 2 heteroatoms. The average Bonchev–Trinajstić information content (AvgIpc) is 2.37. The van der Waals surface area contributed by atoms with E-state index in [0.717, 1.165) is 18.1 Å². The number of hydrogen-bond donors (Lipinski definition) is 0. The molecule has 1 atom stereocenters. The third kappa shape index (κ3) is 5.73. The second kappa shape index (κ2) is 8.13. The average molecular weight is 236 g/mol. The number of methoxy groups -OCH3 is 1. The third-order valence-corrected chi connectivity index (χ3v) is 3.10. The van der Waals surface area contributed by atoms with Crippen LogP contribution in [0.4, 0.5) is 0 Å². The smallest absolute Gasteiger partial charge is 0.119 e. The monoisotopic (exact) mass is 236 g/mol. The van der Waals surface area contributed by atoms with Crippen LogP contribution in [0.2, 0.25) is 0 Å². The molecule has 0 bridgehead atoms. The minimum absolute atomic E-state index is 0.614. The number of ether oxygens (including phenoxy) is 2. The van der Waals surface area contributed by atoms with Gasteiger partial charge in [-0.2, -0.15) is 0 Å². The van der Waals surface area contributed by atoms with Crippen molar-refractivity contribution in [3.8, 4) is 5.75 Å². The molecule has 0 saturated carbocycles. The molecule has 0 aromatic heterocycles. The van der Waals surface area contributed by atoms with Gasteiger partial charge in [0.05, 0.1) is 6.61 Å². The summed E-state index contributed by atoms with van der Waals surface area (Å²) >= 11 is 0. The van der Waals surface area contributed by atoms with Gasteiger partial charge in [0.15, 0.2) is 0 Å². The van der Waals surface area contributed by atoms with Crippen LogP contribution in [0.15, 0.2) is 24.3 Å². The van der Waals surface area contributed by atoms with Crippen molar-refractivity contribution in [3.05, 3.63) is 29.8 Å². The molecule has 0 aliphatic carbocycles. The van der Waals surface area contributed by atoms with Gasteiger partial charge in [-0.15, -0.1) is 0 Å². The van der Waals surface area contributed by atoms with E-state index in [0.29, 0.717) is 13.2 Å². The number of benzene rings is 1. The molecule has 0 saturated heterocycles. The molecule has 0 aliphatic rings. The summed E-state index contributed by atoms with van der Waals surface area (Å²) in [6.45, 7) is 5.80. The first-order chi connectivity index (χ1) is 8.26. The van der Waals surface area contributed by atoms with E-state index in [1.807, 2.05) is 12.1 Å². The highest BCUT2D eigenvalue weighted by atomic mass is 16.5. The lowest BCUT2D eigenvalue weighted by molar-refractivity contribution is 0.146. The maximum absolute atomic E-state index is 5.52. The van der Waals surface area contributed by atoms with Gasteiger partial charge in [0.1, 0.15) is 12.4 Å². The fourth-order valence-electron chi connectivity index (χ4n) is 1.61. The topological polar surface area (TPSA) is 18.5 Å². The lowest BCUT2D eigenvalue weighted by Gasteiger charge is -2.09. The zero-order chi connectivity index (χ0) is 12.5. The molecule has 1 unspecified atom stereocenters. The molecule has 2 nitrogen and oxygen atoms in total. The molecule has 0 heterocycles. The zero-order valence-electron chi connectivity index (χ0n) is 11.2. The van der Waals surface area contributed by atoms with E-state index in [-0.39, 0.29) is 0 Å². The van der Waals surface area contributed by atoms with Gasteiger partial charge in [0.25, 0.3) is 0 Å². The molecule has 0 aliphatic heterocycles. The van der Waals surface area contributed by atoms with Gasteiger partial charge < -0.3 is 9.47 Å². The van der Waals surface area contributed by atoms with Crippen molar-refractivity contribution >= 4 is 0 Å². The second-order valence-corrected chi connectivity index (χ2v) is 4.54. The van der Waals surface area contributed by atoms with Crippen LogP contribution in [0.5, 0.6) is 5.75 Å². The number of hydrogen-bond acceptors (Lipinski definition) is 2. The van der Waals surface area contributed by atoms with Crippen LogP contribution in [-0.2, 0) is 11.2 Å². The Kier molecular flexibility index (Phi) is 6.71. The molecule has 0 N–H and O–H groups in total. The fraction of sp³-hybridized carbons (Fsp3) is 0.600. The van der Waals surface area contributed by atoms with Gasteiger partial charge in [-0.05, 0) is 36.5 Å². The highest BCUT2D eigenvalue weighted by Crippen LogP contribution is 2.16. The largest absolute Gasteiger partial charge is 0.491 e. The molecular weight excluding hydrogens is 212 g/mol. The van der Waals surface area contributed by atoms with Gasteiger partial charge in [-0.25, -0.2) is 0 Å². The van der Waals surface area contributed by atoms with E-state index in [4.69, 9.17) is 9.47 Å². The maximum atomic E-state index is 5.52. The number of aryl methyl sites for hydroxylation is 1. The van der Waals surface area contributed by atoms with Crippen LogP contribution in [0.3, 0.4) is 0 Å². The molecule has 1 aromatic rings. The van der Waals surface area contributed by atoms with E-state index in [1.54, 1.807) is 7.11 Å². The van der Waals surface area contributed by atoms with E-state index >= 15 is 0 Å². The van der Waals surface area contributed by atoms with Gasteiger partial charge in [-0.3, -0.25) is 0 Å². The minimum atomic E-state index is 0.614. The summed E-state index contributed by atoms with van der Waals surface area (Å²) in [5, 5.41) is 0. The summed E-state index contributed by atoms with van der Waals surface area (Å²) in [7, 11) is 1.68. The molecule has 0 spiro atoms. The molecule has 0 fully saturated rings. The predicted molar refractivity (Wildman–Crippen MR) is 71.6 cm³/mol. The SMILES string of the molecule is CCC(C)CCc1ccc(OCCOC)cc1. The molecular formula is C15H24O2. The molecule has 96 valence electrons. The van der Waals surface area contributed by atoms with E-state index in [2.05, 4.69) is 26.0 Å². The minimum Gasteiger partial charge on any atom is -0.491 e. The van der Waals surface area contributed by atoms with Gasteiger partial charge in [0, 0.05) is 7.11 Å². The lowest BCUT2D eigenvalue weighted by atomic mass is 9.99. The quantitative estimate of drug-likeness (QED) is 0.641. The van der Waals surface area contributed by atoms with Crippen LogP contribution in [-0.4, -0.2) is 20.3 Å². The van der Waals surface area contributed by atoms with Crippen LogP contribution >= 0.6 is 0 Å². The van der Waals surface area contributed by atoms with Crippen molar-refractivity contribution in [3.63, 3.8) is 0 Å². The predicted octanol–water partition coefficient (Wildman–Crippen LogP) is 3.69. The second-order valence-electron chi connectivity index (χ2n) is 4.54. The lowest BCUT2D eigenvalue weighted by Crippen LogP contribution is -2.04. The normalized spacial score (nSPS) is 12.4. The zero-order valence-corrected chi connectivity index (χ0v) is 11.2. The van der Waals surface area contributed by atoms with E-state index in [9.17, 15) is 0 Å². The van der Waals surface area contributed by atoms with Crippen molar-refractivity contribution in [2.75, 3.05) is 20.3 Å². The van der Waals surface area contributed by atoms with Crippen LogP contribution in [0.1, 0.15) is 32.3 Å². The van der Waals surface area contributed by atoms with E-state index in [1.165, 1.54) is 18.4 Å². The molecule has 1 aromatic carbocycles. The standard InChI is InChI=1S/C15H24O2/c1-4-13(2)5-6-14-7-9-15(10-8-14)17-12-11-16-3/h7-10,13H,4-6,11-12H2,1-3H3. The molecule has 17 heavy (non-hydrogen) atoms. The molecule has 1 rings (SSSR count). The molecule has 0 amide bonds. The van der Waals surface area contributed by atoms with Gasteiger partial charge in [-0.1, -0.05) is 32.4 Å². The highest BCUT2D eigenvalue weighted by Gasteiger charge is 2.00. The summed E-state index contributed by atoms with van der Waals surface area (Å²) in [5.74, 6) is 1.74. The summed E-state index contributed by atoms with van der Waals surface area (Å²) < 4.78 is 10.5. The van der Waals surface area contributed by atoms with Crippen molar-refractivity contribution in [2.24, 2.45) is 5.92 Å². The first-order valence-corrected chi connectivity index (χ1v) is 6.47. The Morgan fingerprint density at radius 1 is 1.12 bits per heavy atom. The fourth-order valence-corrected chi connectivity index (χ4v) is 1.61. The summed E-state index contributed by atoms with van der Waals surface area (Å²) in [6, 6.07) is 8.40. The van der Waals surface area contributed by atoms with Crippen LogP contribution in [0, 0.1) is 5.92 Å². The van der Waals surface area contributed by atoms with Crippen molar-refractivity contribution < 1.29 is 9.47 Å². The van der Waals surface area contributed by atoms with Crippen LogP contribution < -0.4 is 4.74 Å². The first kappa shape index (κ1) is 14.0. The van der Waals surface area contributed by atoms with E-state index < -0.39 is 0 Å². The van der Waals surface area contributed by atoms with Crippen molar-refractivity contribution in [2.45, 2.75) is 33.1 Å². The maximum Gasteiger partial charge on any atom is 0.119 e. The van der Waals surface area contributed by atoms with Gasteiger partial charge in [0.2, 0.25) is 0 Å². The Morgan fingerprint density at radius 3 is 2.41 bits per heavy atom. The first-order valence-electron chi connectivity index (χ1n) is 6.47. The summed E-state index contributed by atoms with van der Waals surface area (Å²) in [4.78, 5) is 0. The Hall–Kier alpha value is -1.02. The van der Waals surface area contributed by atoms with Crippen LogP contribution in [0.25, 0.3) is 0 Å². The Balaban J connectivity index is 2.34. The summed E-state index contributed by atoms with van der Waals surface area (Å²) in [5.41, 5.74) is 1.39.